The Morgan fingerprint density at radius 3 is 2.38 bits per heavy atom. The molecule has 29 heavy (non-hydrogen) atoms. The lowest BCUT2D eigenvalue weighted by molar-refractivity contribution is -0.134. The van der Waals surface area contributed by atoms with E-state index in [9.17, 15) is 9.18 Å². The van der Waals surface area contributed by atoms with Gasteiger partial charge in [-0.2, -0.15) is 0 Å². The SMILES string of the molecule is CN(Cc1ccccc1)c1ccc(CC(N)C(=O)N2CCC(CCF)CC2)cc1. The minimum Gasteiger partial charge on any atom is -0.370 e. The smallest absolute Gasteiger partial charge is 0.239 e. The number of carbonyl (C=O) groups is 1. The first kappa shape index (κ1) is 21.3. The molecule has 1 aliphatic rings. The van der Waals surface area contributed by atoms with Gasteiger partial charge in [0.1, 0.15) is 0 Å². The predicted molar refractivity (Wildman–Crippen MR) is 117 cm³/mol. The van der Waals surface area contributed by atoms with Crippen molar-refractivity contribution in [2.75, 3.05) is 31.7 Å². The van der Waals surface area contributed by atoms with Gasteiger partial charge in [0.2, 0.25) is 5.91 Å². The van der Waals surface area contributed by atoms with E-state index < -0.39 is 6.04 Å². The predicted octanol–water partition coefficient (Wildman–Crippen LogP) is 3.79. The normalized spacial score (nSPS) is 15.9. The Balaban J connectivity index is 1.50. The number of hydrogen-bond acceptors (Lipinski definition) is 3. The first-order valence-corrected chi connectivity index (χ1v) is 10.5. The second kappa shape index (κ2) is 10.4. The Morgan fingerprint density at radius 2 is 1.76 bits per heavy atom. The molecule has 2 N–H and O–H groups in total. The Kier molecular flexibility index (Phi) is 7.64. The summed E-state index contributed by atoms with van der Waals surface area (Å²) in [5.74, 6) is 0.412. The van der Waals surface area contributed by atoms with Gasteiger partial charge in [0.25, 0.3) is 0 Å². The maximum absolute atomic E-state index is 12.7. The van der Waals surface area contributed by atoms with Gasteiger partial charge in [-0.15, -0.1) is 0 Å². The van der Waals surface area contributed by atoms with E-state index in [-0.39, 0.29) is 12.6 Å². The number of alkyl halides is 1. The largest absolute Gasteiger partial charge is 0.370 e. The monoisotopic (exact) mass is 397 g/mol. The summed E-state index contributed by atoms with van der Waals surface area (Å²) in [7, 11) is 2.07. The third-order valence-corrected chi connectivity index (χ3v) is 5.86. The number of likely N-dealkylation sites (tertiary alicyclic amines) is 1. The molecular weight excluding hydrogens is 365 g/mol. The molecule has 1 heterocycles. The number of amides is 1. The Hall–Kier alpha value is -2.40. The number of nitrogens with zero attached hydrogens (tertiary/aromatic N) is 2. The summed E-state index contributed by atoms with van der Waals surface area (Å²) in [5.41, 5.74) is 9.67. The fraction of sp³-hybridized carbons (Fsp3) is 0.458. The van der Waals surface area contributed by atoms with E-state index >= 15 is 0 Å². The van der Waals surface area contributed by atoms with Crippen molar-refractivity contribution in [1.82, 2.24) is 4.90 Å². The second-order valence-corrected chi connectivity index (χ2v) is 8.07. The molecule has 2 aromatic carbocycles. The highest BCUT2D eigenvalue weighted by Crippen LogP contribution is 2.22. The lowest BCUT2D eigenvalue weighted by Gasteiger charge is -2.33. The molecular formula is C24H32FN3O. The van der Waals surface area contributed by atoms with E-state index in [4.69, 9.17) is 5.73 Å². The van der Waals surface area contributed by atoms with Gasteiger partial charge in [-0.25, -0.2) is 0 Å². The maximum Gasteiger partial charge on any atom is 0.239 e. The average Bonchev–Trinajstić information content (AvgIpc) is 2.75. The van der Waals surface area contributed by atoms with Gasteiger partial charge in [-0.3, -0.25) is 9.18 Å². The van der Waals surface area contributed by atoms with Crippen LogP contribution in [0.5, 0.6) is 0 Å². The molecule has 2 aromatic rings. The molecule has 1 fully saturated rings. The van der Waals surface area contributed by atoms with Crippen molar-refractivity contribution in [3.05, 3.63) is 65.7 Å². The number of halogens is 1. The molecule has 0 spiro atoms. The fourth-order valence-electron chi connectivity index (χ4n) is 4.01. The van der Waals surface area contributed by atoms with E-state index in [2.05, 4.69) is 48.3 Å². The van der Waals surface area contributed by atoms with Crippen LogP contribution < -0.4 is 10.6 Å². The minimum atomic E-state index is -0.527. The van der Waals surface area contributed by atoms with Crippen molar-refractivity contribution in [2.45, 2.75) is 38.3 Å². The standard InChI is InChI=1S/C24H32FN3O/c1-27(18-21-5-3-2-4-6-21)22-9-7-20(8-10-22)17-23(26)24(29)28-15-12-19(11-14-25)13-16-28/h2-10,19,23H,11-18,26H2,1H3. The Labute approximate surface area is 173 Å². The van der Waals surface area contributed by atoms with Crippen molar-refractivity contribution in [3.8, 4) is 0 Å². The number of benzene rings is 2. The number of hydrogen-bond donors (Lipinski definition) is 1. The van der Waals surface area contributed by atoms with Gasteiger partial charge in [0.15, 0.2) is 0 Å². The number of nitrogens with two attached hydrogens (primary N) is 1. The number of rotatable bonds is 8. The van der Waals surface area contributed by atoms with Crippen molar-refractivity contribution in [3.63, 3.8) is 0 Å². The lowest BCUT2D eigenvalue weighted by atomic mass is 9.93. The van der Waals surface area contributed by atoms with Crippen LogP contribution in [-0.2, 0) is 17.8 Å². The van der Waals surface area contributed by atoms with E-state index in [1.807, 2.05) is 23.1 Å². The van der Waals surface area contributed by atoms with Crippen molar-refractivity contribution in [1.29, 1.82) is 0 Å². The van der Waals surface area contributed by atoms with Crippen LogP contribution in [0.2, 0.25) is 0 Å². The molecule has 5 heteroatoms. The van der Waals surface area contributed by atoms with Gasteiger partial charge >= 0.3 is 0 Å². The topological polar surface area (TPSA) is 49.6 Å². The highest BCUT2D eigenvalue weighted by atomic mass is 19.1. The van der Waals surface area contributed by atoms with Crippen molar-refractivity contribution in [2.24, 2.45) is 11.7 Å². The molecule has 0 radical (unpaired) electrons. The number of piperidine rings is 1. The summed E-state index contributed by atoms with van der Waals surface area (Å²) < 4.78 is 12.5. The van der Waals surface area contributed by atoms with Crippen molar-refractivity contribution < 1.29 is 9.18 Å². The molecule has 1 atom stereocenters. The van der Waals surface area contributed by atoms with Crippen LogP contribution in [0.1, 0.15) is 30.4 Å². The summed E-state index contributed by atoms with van der Waals surface area (Å²) in [6, 6.07) is 18.1. The third-order valence-electron chi connectivity index (χ3n) is 5.86. The Morgan fingerprint density at radius 1 is 1.10 bits per heavy atom. The molecule has 0 aliphatic carbocycles. The average molecular weight is 398 g/mol. The summed E-state index contributed by atoms with van der Waals surface area (Å²) in [5, 5.41) is 0. The fourth-order valence-corrected chi connectivity index (χ4v) is 4.01. The van der Waals surface area contributed by atoms with Gasteiger partial charge < -0.3 is 15.5 Å². The third kappa shape index (κ3) is 6.04. The van der Waals surface area contributed by atoms with Gasteiger partial charge in [-0.1, -0.05) is 42.5 Å². The lowest BCUT2D eigenvalue weighted by Crippen LogP contribution is -2.48. The zero-order chi connectivity index (χ0) is 20.6. The molecule has 1 saturated heterocycles. The van der Waals surface area contributed by atoms with E-state index in [1.165, 1.54) is 5.56 Å². The molecule has 0 saturated carbocycles. The molecule has 1 aliphatic heterocycles. The van der Waals surface area contributed by atoms with Crippen molar-refractivity contribution >= 4 is 11.6 Å². The molecule has 0 aromatic heterocycles. The van der Waals surface area contributed by atoms with E-state index in [0.29, 0.717) is 31.8 Å². The summed E-state index contributed by atoms with van der Waals surface area (Å²) in [6.45, 7) is 1.96. The summed E-state index contributed by atoms with van der Waals surface area (Å²) in [4.78, 5) is 16.7. The quantitative estimate of drug-likeness (QED) is 0.737. The highest BCUT2D eigenvalue weighted by molar-refractivity contribution is 5.82. The first-order valence-electron chi connectivity index (χ1n) is 10.5. The summed E-state index contributed by atoms with van der Waals surface area (Å²) in [6.07, 6.45) is 2.90. The van der Waals surface area contributed by atoms with Gasteiger partial charge in [0, 0.05) is 32.4 Å². The molecule has 1 amide bonds. The minimum absolute atomic E-state index is 0.00831. The van der Waals surface area contributed by atoms with Crippen LogP contribution in [-0.4, -0.2) is 43.7 Å². The maximum atomic E-state index is 12.7. The van der Waals surface area contributed by atoms with E-state index in [1.54, 1.807) is 0 Å². The summed E-state index contributed by atoms with van der Waals surface area (Å²) >= 11 is 0. The number of carbonyl (C=O) groups excluding carboxylic acids is 1. The Bertz CT molecular complexity index is 757. The van der Waals surface area contributed by atoms with Crippen LogP contribution in [0, 0.1) is 5.92 Å². The van der Waals surface area contributed by atoms with Gasteiger partial charge in [-0.05, 0) is 54.9 Å². The van der Waals surface area contributed by atoms with Crippen LogP contribution >= 0.6 is 0 Å². The van der Waals surface area contributed by atoms with Crippen LogP contribution in [0.15, 0.2) is 54.6 Å². The molecule has 156 valence electrons. The second-order valence-electron chi connectivity index (χ2n) is 8.07. The van der Waals surface area contributed by atoms with Crippen LogP contribution in [0.25, 0.3) is 0 Å². The molecule has 3 rings (SSSR count). The zero-order valence-electron chi connectivity index (χ0n) is 17.3. The molecule has 1 unspecified atom stereocenters. The first-order chi connectivity index (χ1) is 14.1. The van der Waals surface area contributed by atoms with Gasteiger partial charge in [0.05, 0.1) is 12.7 Å². The highest BCUT2D eigenvalue weighted by Gasteiger charge is 2.26. The molecule has 0 bridgehead atoms. The number of anilines is 1. The van der Waals surface area contributed by atoms with Crippen LogP contribution in [0.3, 0.4) is 0 Å². The van der Waals surface area contributed by atoms with E-state index in [0.717, 1.165) is 30.6 Å². The molecule has 4 nitrogen and oxygen atoms in total. The van der Waals surface area contributed by atoms with Crippen LogP contribution in [0.4, 0.5) is 10.1 Å². The zero-order valence-corrected chi connectivity index (χ0v) is 17.3.